The summed E-state index contributed by atoms with van der Waals surface area (Å²) in [6.45, 7) is 15.8. The van der Waals surface area contributed by atoms with E-state index in [1.165, 1.54) is 38.5 Å². The van der Waals surface area contributed by atoms with Gasteiger partial charge in [0.15, 0.2) is 6.29 Å². The zero-order valence-electron chi connectivity index (χ0n) is 54.9. The molecule has 2 saturated heterocycles. The van der Waals surface area contributed by atoms with Crippen LogP contribution in [0.15, 0.2) is 97.1 Å². The third-order valence-corrected chi connectivity index (χ3v) is 18.8. The first-order chi connectivity index (χ1) is 43.2. The van der Waals surface area contributed by atoms with Gasteiger partial charge in [-0.3, -0.25) is 19.2 Å². The van der Waals surface area contributed by atoms with Crippen molar-refractivity contribution in [3.8, 4) is 0 Å². The van der Waals surface area contributed by atoms with Crippen molar-refractivity contribution in [3.63, 3.8) is 0 Å². The number of likely N-dealkylation sites (tertiary alicyclic amines) is 2. The lowest BCUT2D eigenvalue weighted by Crippen LogP contribution is -2.36. The van der Waals surface area contributed by atoms with Crippen LogP contribution in [0.4, 0.5) is 0 Å². The lowest BCUT2D eigenvalue weighted by atomic mass is 9.94. The summed E-state index contributed by atoms with van der Waals surface area (Å²) in [4.78, 5) is 55.6. The van der Waals surface area contributed by atoms with Crippen LogP contribution in [0.1, 0.15) is 223 Å². The number of ether oxygens (including phenoxy) is 6. The molecule has 0 spiro atoms. The van der Waals surface area contributed by atoms with E-state index < -0.39 is 6.29 Å². The van der Waals surface area contributed by atoms with Crippen LogP contribution in [0.25, 0.3) is 0 Å². The quantitative estimate of drug-likeness (QED) is 0.0155. The SMILES string of the molecule is CC/C=C\CCCCOC(CCC(=O)OCc1ccc(CC(=O)OCCC2CCN(CCSSCCN3CCC(CCOC(=O)Cc4ccc(COC(=O)CCCCCCC/C=C\C/C=C\CCCCC)cc4)CC3)CC2)cc1)OCCCC/C=C\CC. The molecule has 2 aliphatic heterocycles. The van der Waals surface area contributed by atoms with Crippen molar-refractivity contribution >= 4 is 45.5 Å². The van der Waals surface area contributed by atoms with E-state index in [0.717, 1.165) is 195 Å². The number of allylic oxidation sites excluding steroid dienone is 8. The third-order valence-electron chi connectivity index (χ3n) is 16.5. The summed E-state index contributed by atoms with van der Waals surface area (Å²) in [6.07, 6.45) is 46.6. The molecule has 0 bridgehead atoms. The van der Waals surface area contributed by atoms with Gasteiger partial charge in [0.2, 0.25) is 0 Å². The van der Waals surface area contributed by atoms with Crippen molar-refractivity contribution in [3.05, 3.63) is 119 Å². The van der Waals surface area contributed by atoms with Crippen LogP contribution in [0.2, 0.25) is 0 Å². The van der Waals surface area contributed by atoms with Crippen LogP contribution >= 0.6 is 21.6 Å². The van der Waals surface area contributed by atoms with Crippen molar-refractivity contribution in [2.45, 2.75) is 233 Å². The minimum absolute atomic E-state index is 0.148. The number of piperidine rings is 2. The molecule has 494 valence electrons. The predicted molar refractivity (Wildman–Crippen MR) is 365 cm³/mol. The molecule has 0 radical (unpaired) electrons. The van der Waals surface area contributed by atoms with Crippen molar-refractivity contribution in [2.24, 2.45) is 11.8 Å². The van der Waals surface area contributed by atoms with E-state index in [1.54, 1.807) is 0 Å². The van der Waals surface area contributed by atoms with Crippen molar-refractivity contribution in [2.75, 3.05) is 77.2 Å². The maximum atomic E-state index is 12.7. The Morgan fingerprint density at radius 2 is 0.864 bits per heavy atom. The molecule has 0 aromatic heterocycles. The van der Waals surface area contributed by atoms with Crippen LogP contribution in [-0.2, 0) is 73.7 Å². The summed E-state index contributed by atoms with van der Waals surface area (Å²) < 4.78 is 34.6. The highest BCUT2D eigenvalue weighted by atomic mass is 33.1. The van der Waals surface area contributed by atoms with E-state index in [-0.39, 0.29) is 56.4 Å². The summed E-state index contributed by atoms with van der Waals surface area (Å²) in [7, 11) is 3.97. The van der Waals surface area contributed by atoms with Crippen molar-refractivity contribution in [1.29, 1.82) is 0 Å². The molecular formula is C74H116N2O10S2. The first-order valence-corrected chi connectivity index (χ1v) is 37.0. The number of hydrogen-bond donors (Lipinski definition) is 0. The average Bonchev–Trinajstić information content (AvgIpc) is 3.56. The molecule has 2 heterocycles. The molecule has 2 aromatic rings. The Balaban J connectivity index is 0.921. The molecule has 0 atom stereocenters. The number of nitrogens with zero attached hydrogens (tertiary/aromatic N) is 2. The highest BCUT2D eigenvalue weighted by Crippen LogP contribution is 2.26. The fraction of sp³-hybridized carbons (Fsp3) is 0.676. The van der Waals surface area contributed by atoms with Crippen molar-refractivity contribution < 1.29 is 47.6 Å². The van der Waals surface area contributed by atoms with E-state index in [9.17, 15) is 19.2 Å². The minimum atomic E-state index is -0.421. The number of benzene rings is 2. The molecule has 2 fully saturated rings. The van der Waals surface area contributed by atoms with Gasteiger partial charge >= 0.3 is 23.9 Å². The second-order valence-electron chi connectivity index (χ2n) is 24.0. The van der Waals surface area contributed by atoms with E-state index in [0.29, 0.717) is 51.1 Å². The van der Waals surface area contributed by atoms with Gasteiger partial charge in [-0.1, -0.05) is 172 Å². The van der Waals surface area contributed by atoms with Crippen LogP contribution in [0.3, 0.4) is 0 Å². The Morgan fingerprint density at radius 1 is 0.455 bits per heavy atom. The lowest BCUT2D eigenvalue weighted by molar-refractivity contribution is -0.160. The van der Waals surface area contributed by atoms with Crippen LogP contribution in [-0.4, -0.2) is 117 Å². The summed E-state index contributed by atoms with van der Waals surface area (Å²) in [6, 6.07) is 15.4. The minimum Gasteiger partial charge on any atom is -0.465 e. The fourth-order valence-corrected chi connectivity index (χ4v) is 12.9. The zero-order valence-corrected chi connectivity index (χ0v) is 56.5. The summed E-state index contributed by atoms with van der Waals surface area (Å²) >= 11 is 0. The summed E-state index contributed by atoms with van der Waals surface area (Å²) in [5, 5.41) is 0. The first-order valence-electron chi connectivity index (χ1n) is 34.5. The molecule has 2 aliphatic rings. The maximum absolute atomic E-state index is 12.7. The summed E-state index contributed by atoms with van der Waals surface area (Å²) in [5.41, 5.74) is 3.58. The Kier molecular flexibility index (Phi) is 45.5. The normalized spacial score (nSPS) is 14.8. The maximum Gasteiger partial charge on any atom is 0.310 e. The van der Waals surface area contributed by atoms with Gasteiger partial charge in [0, 0.05) is 50.7 Å². The molecule has 4 rings (SSSR count). The van der Waals surface area contributed by atoms with Gasteiger partial charge in [0.05, 0.1) is 32.5 Å². The smallest absolute Gasteiger partial charge is 0.310 e. The van der Waals surface area contributed by atoms with Gasteiger partial charge in [-0.2, -0.15) is 0 Å². The van der Waals surface area contributed by atoms with Crippen LogP contribution in [0, 0.1) is 11.8 Å². The van der Waals surface area contributed by atoms with Gasteiger partial charge in [-0.15, -0.1) is 0 Å². The van der Waals surface area contributed by atoms with E-state index in [1.807, 2.05) is 70.1 Å². The molecular weight excluding hydrogens is 1140 g/mol. The molecule has 12 nitrogen and oxygen atoms in total. The number of rotatable bonds is 52. The van der Waals surface area contributed by atoms with Gasteiger partial charge in [0.1, 0.15) is 13.2 Å². The highest BCUT2D eigenvalue weighted by molar-refractivity contribution is 8.76. The Labute approximate surface area is 541 Å². The topological polar surface area (TPSA) is 130 Å². The lowest BCUT2D eigenvalue weighted by Gasteiger charge is -2.32. The number of unbranched alkanes of at least 4 members (excludes halogenated alkanes) is 12. The molecule has 2 aromatic carbocycles. The highest BCUT2D eigenvalue weighted by Gasteiger charge is 2.22. The molecule has 14 heteroatoms. The number of esters is 4. The van der Waals surface area contributed by atoms with E-state index in [2.05, 4.69) is 79.2 Å². The summed E-state index contributed by atoms with van der Waals surface area (Å²) in [5.74, 6) is 2.61. The Hall–Kier alpha value is -4.18. The van der Waals surface area contributed by atoms with Gasteiger partial charge in [-0.05, 0) is 189 Å². The molecule has 88 heavy (non-hydrogen) atoms. The van der Waals surface area contributed by atoms with E-state index >= 15 is 0 Å². The molecule has 0 amide bonds. The standard InChI is InChI=1S/C74H116N2O10S2/c1-4-7-10-13-16-17-18-19-20-21-22-23-24-25-28-31-70(77)85-62-68-36-32-66(33-37-68)60-72(79)81-56-46-64-42-48-75(49-43-64)52-58-87-88-59-53-76-50-44-65(45-51-76)47-57-82-73(80)61-67-34-38-69(39-35-67)63-86-71(78)40-41-74(83-54-29-26-14-11-8-5-2)84-55-30-27-15-12-9-6-3/h8-9,11-12,16-17,19-20,32-39,64-65,74H,4-7,10,13-15,18,21-31,40-63H2,1-3H3/b11-8-,12-9-,17-16-,20-19-. The van der Waals surface area contributed by atoms with Gasteiger partial charge < -0.3 is 38.2 Å². The second kappa shape index (κ2) is 52.4. The molecule has 0 N–H and O–H groups in total. The third kappa shape index (κ3) is 40.5. The largest absolute Gasteiger partial charge is 0.465 e. The average molecular weight is 1260 g/mol. The van der Waals surface area contributed by atoms with Gasteiger partial charge in [0.25, 0.3) is 0 Å². The Morgan fingerprint density at radius 3 is 1.33 bits per heavy atom. The number of carbonyl (C=O) groups excluding carboxylic acids is 4. The molecule has 0 unspecified atom stereocenters. The van der Waals surface area contributed by atoms with Crippen LogP contribution < -0.4 is 0 Å². The number of hydrogen-bond acceptors (Lipinski definition) is 14. The monoisotopic (exact) mass is 1260 g/mol. The fourth-order valence-electron chi connectivity index (χ4n) is 10.8. The predicted octanol–water partition coefficient (Wildman–Crippen LogP) is 17.5. The first kappa shape index (κ1) is 76.3. The van der Waals surface area contributed by atoms with Gasteiger partial charge in [-0.25, -0.2) is 0 Å². The zero-order chi connectivity index (χ0) is 62.6. The van der Waals surface area contributed by atoms with Crippen molar-refractivity contribution in [1.82, 2.24) is 9.80 Å². The second-order valence-corrected chi connectivity index (χ2v) is 26.7. The van der Waals surface area contributed by atoms with E-state index in [4.69, 9.17) is 28.4 Å². The molecule has 0 saturated carbocycles. The van der Waals surface area contributed by atoms with Crippen LogP contribution in [0.5, 0.6) is 0 Å². The number of carbonyl (C=O) groups is 4. The Bertz CT molecular complexity index is 2180. The molecule has 0 aliphatic carbocycles.